The van der Waals surface area contributed by atoms with Gasteiger partial charge in [-0.2, -0.15) is 0 Å². The second-order valence-corrected chi connectivity index (χ2v) is 4.40. The summed E-state index contributed by atoms with van der Waals surface area (Å²) in [5.41, 5.74) is 2.23. The molecule has 0 radical (unpaired) electrons. The maximum absolute atomic E-state index is 10.5. The van der Waals surface area contributed by atoms with Gasteiger partial charge in [0.2, 0.25) is 0 Å². The van der Waals surface area contributed by atoms with Gasteiger partial charge in [0, 0.05) is 6.42 Å². The Labute approximate surface area is 95.5 Å². The summed E-state index contributed by atoms with van der Waals surface area (Å²) in [4.78, 5) is 0. The van der Waals surface area contributed by atoms with E-state index in [4.69, 9.17) is 4.42 Å². The minimum Gasteiger partial charge on any atom is -0.472 e. The summed E-state index contributed by atoms with van der Waals surface area (Å²) in [6, 6.07) is 9.79. The molecule has 1 N–H and O–H groups in total. The van der Waals surface area contributed by atoms with Gasteiger partial charge in [-0.05, 0) is 36.6 Å². The van der Waals surface area contributed by atoms with Crippen LogP contribution in [0.15, 0.2) is 47.3 Å². The molecule has 1 aromatic carbocycles. The summed E-state index contributed by atoms with van der Waals surface area (Å²) in [7, 11) is 0. The third-order valence-electron chi connectivity index (χ3n) is 2.85. The molecule has 2 aromatic rings. The van der Waals surface area contributed by atoms with Gasteiger partial charge in [0.1, 0.15) is 0 Å². The molecular formula is C14H16O2. The van der Waals surface area contributed by atoms with Gasteiger partial charge in [-0.15, -0.1) is 0 Å². The van der Waals surface area contributed by atoms with Crippen LogP contribution in [0.5, 0.6) is 0 Å². The lowest BCUT2D eigenvalue weighted by molar-refractivity contribution is 0.0568. The van der Waals surface area contributed by atoms with Gasteiger partial charge < -0.3 is 9.52 Å². The topological polar surface area (TPSA) is 33.4 Å². The molecule has 0 bridgehead atoms. The van der Waals surface area contributed by atoms with Crippen molar-refractivity contribution in [1.82, 2.24) is 0 Å². The highest BCUT2D eigenvalue weighted by Crippen LogP contribution is 2.27. The van der Waals surface area contributed by atoms with E-state index in [-0.39, 0.29) is 0 Å². The van der Waals surface area contributed by atoms with Crippen LogP contribution < -0.4 is 0 Å². The number of aryl methyl sites for hydroxylation is 1. The smallest absolute Gasteiger partial charge is 0.0935 e. The highest BCUT2D eigenvalue weighted by atomic mass is 16.3. The Kier molecular flexibility index (Phi) is 2.84. The fourth-order valence-electron chi connectivity index (χ4n) is 2.06. The standard InChI is InChI=1S/C14H16O2/c1-11-5-3-4-6-13(11)14(2,15)9-12-7-8-16-10-12/h3-8,10,15H,9H2,1-2H3. The van der Waals surface area contributed by atoms with Crippen LogP contribution in [-0.2, 0) is 12.0 Å². The molecule has 1 aromatic heterocycles. The lowest BCUT2D eigenvalue weighted by atomic mass is 9.87. The van der Waals surface area contributed by atoms with E-state index >= 15 is 0 Å². The summed E-state index contributed by atoms with van der Waals surface area (Å²) in [5.74, 6) is 0. The molecule has 0 aliphatic carbocycles. The summed E-state index contributed by atoms with van der Waals surface area (Å²) in [6.45, 7) is 3.85. The van der Waals surface area contributed by atoms with Crippen LogP contribution in [0.4, 0.5) is 0 Å². The Hall–Kier alpha value is -1.54. The lowest BCUT2D eigenvalue weighted by Crippen LogP contribution is -2.25. The Balaban J connectivity index is 2.28. The van der Waals surface area contributed by atoms with Gasteiger partial charge in [0.25, 0.3) is 0 Å². The largest absolute Gasteiger partial charge is 0.472 e. The van der Waals surface area contributed by atoms with Crippen molar-refractivity contribution in [1.29, 1.82) is 0 Å². The van der Waals surface area contributed by atoms with Crippen molar-refractivity contribution >= 4 is 0 Å². The molecule has 16 heavy (non-hydrogen) atoms. The van der Waals surface area contributed by atoms with E-state index in [0.29, 0.717) is 6.42 Å². The zero-order chi connectivity index (χ0) is 11.6. The van der Waals surface area contributed by atoms with Crippen molar-refractivity contribution < 1.29 is 9.52 Å². The van der Waals surface area contributed by atoms with Crippen LogP contribution >= 0.6 is 0 Å². The Morgan fingerprint density at radius 3 is 2.62 bits per heavy atom. The predicted octanol–water partition coefficient (Wildman–Crippen LogP) is 3.04. The van der Waals surface area contributed by atoms with Crippen LogP contribution in [0, 0.1) is 6.92 Å². The van der Waals surface area contributed by atoms with E-state index in [2.05, 4.69) is 0 Å². The molecule has 0 aliphatic heterocycles. The monoisotopic (exact) mass is 216 g/mol. The third-order valence-corrected chi connectivity index (χ3v) is 2.85. The van der Waals surface area contributed by atoms with Gasteiger partial charge in [-0.1, -0.05) is 24.3 Å². The van der Waals surface area contributed by atoms with Gasteiger partial charge in [0.15, 0.2) is 0 Å². The summed E-state index contributed by atoms with van der Waals surface area (Å²) < 4.78 is 5.02. The van der Waals surface area contributed by atoms with Gasteiger partial charge in [0.05, 0.1) is 18.1 Å². The second kappa shape index (κ2) is 4.14. The zero-order valence-electron chi connectivity index (χ0n) is 9.60. The molecule has 1 unspecified atom stereocenters. The number of hydrogen-bond acceptors (Lipinski definition) is 2. The maximum atomic E-state index is 10.5. The normalized spacial score (nSPS) is 14.7. The van der Waals surface area contributed by atoms with E-state index in [1.807, 2.05) is 44.2 Å². The molecule has 2 rings (SSSR count). The van der Waals surface area contributed by atoms with Crippen LogP contribution in [-0.4, -0.2) is 5.11 Å². The highest BCUT2D eigenvalue weighted by Gasteiger charge is 2.25. The van der Waals surface area contributed by atoms with E-state index in [1.54, 1.807) is 12.5 Å². The third kappa shape index (κ3) is 2.17. The quantitative estimate of drug-likeness (QED) is 0.855. The fourth-order valence-corrected chi connectivity index (χ4v) is 2.06. The molecule has 84 valence electrons. The highest BCUT2D eigenvalue weighted by molar-refractivity contribution is 5.32. The Morgan fingerprint density at radius 2 is 2.00 bits per heavy atom. The van der Waals surface area contributed by atoms with Crippen molar-refractivity contribution in [2.45, 2.75) is 25.9 Å². The molecular weight excluding hydrogens is 200 g/mol. The first kappa shape index (κ1) is 11.0. The molecule has 2 nitrogen and oxygen atoms in total. The fraction of sp³-hybridized carbons (Fsp3) is 0.286. The molecule has 1 atom stereocenters. The average molecular weight is 216 g/mol. The molecule has 0 fully saturated rings. The van der Waals surface area contributed by atoms with E-state index in [0.717, 1.165) is 16.7 Å². The summed E-state index contributed by atoms with van der Waals surface area (Å²) in [6.07, 6.45) is 3.87. The Bertz CT molecular complexity index is 455. The second-order valence-electron chi connectivity index (χ2n) is 4.40. The molecule has 0 spiro atoms. The minimum atomic E-state index is -0.852. The van der Waals surface area contributed by atoms with Crippen LogP contribution in [0.2, 0.25) is 0 Å². The van der Waals surface area contributed by atoms with Crippen molar-refractivity contribution in [2.75, 3.05) is 0 Å². The minimum absolute atomic E-state index is 0.564. The first-order valence-corrected chi connectivity index (χ1v) is 5.39. The van der Waals surface area contributed by atoms with E-state index in [9.17, 15) is 5.11 Å². The van der Waals surface area contributed by atoms with Crippen molar-refractivity contribution in [3.8, 4) is 0 Å². The van der Waals surface area contributed by atoms with Crippen molar-refractivity contribution in [3.63, 3.8) is 0 Å². The summed E-state index contributed by atoms with van der Waals surface area (Å²) >= 11 is 0. The van der Waals surface area contributed by atoms with Gasteiger partial charge >= 0.3 is 0 Å². The maximum Gasteiger partial charge on any atom is 0.0935 e. The Morgan fingerprint density at radius 1 is 1.25 bits per heavy atom. The molecule has 0 saturated carbocycles. The first-order valence-electron chi connectivity index (χ1n) is 5.39. The molecule has 0 aliphatic rings. The lowest BCUT2D eigenvalue weighted by Gasteiger charge is -2.25. The number of hydrogen-bond donors (Lipinski definition) is 1. The van der Waals surface area contributed by atoms with E-state index < -0.39 is 5.60 Å². The van der Waals surface area contributed by atoms with Gasteiger partial charge in [-0.25, -0.2) is 0 Å². The van der Waals surface area contributed by atoms with Crippen LogP contribution in [0.1, 0.15) is 23.6 Å². The van der Waals surface area contributed by atoms with Crippen LogP contribution in [0.3, 0.4) is 0 Å². The summed E-state index contributed by atoms with van der Waals surface area (Å²) in [5, 5.41) is 10.5. The van der Waals surface area contributed by atoms with E-state index in [1.165, 1.54) is 0 Å². The number of aliphatic hydroxyl groups is 1. The predicted molar refractivity (Wildman–Crippen MR) is 63.2 cm³/mol. The zero-order valence-corrected chi connectivity index (χ0v) is 9.60. The van der Waals surface area contributed by atoms with Crippen molar-refractivity contribution in [3.05, 3.63) is 59.5 Å². The number of rotatable bonds is 3. The van der Waals surface area contributed by atoms with Crippen molar-refractivity contribution in [2.24, 2.45) is 0 Å². The van der Waals surface area contributed by atoms with Crippen LogP contribution in [0.25, 0.3) is 0 Å². The first-order chi connectivity index (χ1) is 7.59. The molecule has 0 amide bonds. The van der Waals surface area contributed by atoms with Gasteiger partial charge in [-0.3, -0.25) is 0 Å². The SMILES string of the molecule is Cc1ccccc1C(C)(O)Cc1ccoc1. The average Bonchev–Trinajstić information content (AvgIpc) is 2.70. The number of furan rings is 1. The molecule has 0 saturated heterocycles. The number of benzene rings is 1. The molecule has 2 heteroatoms. The molecule has 1 heterocycles.